The molecule has 0 radical (unpaired) electrons. The second-order valence-electron chi connectivity index (χ2n) is 5.66. The third-order valence-electron chi connectivity index (χ3n) is 3.72. The molecule has 28 heavy (non-hydrogen) atoms. The number of hydrogen-bond donors (Lipinski definition) is 2. The second-order valence-corrected chi connectivity index (χ2v) is 6.07. The van der Waals surface area contributed by atoms with Crippen molar-refractivity contribution in [3.05, 3.63) is 41.4 Å². The van der Waals surface area contributed by atoms with Gasteiger partial charge >= 0.3 is 0 Å². The standard InChI is InChI=1S/C20H25ClN2O5/c1-4-27-8-9-28-20-17(21)6-5-7-18(20)22-13-19(24)23-14-10-15(25-2)12-16(11-14)26-3/h5-7,10-12,22H,4,8-9,13H2,1-3H3,(H,23,24). The maximum absolute atomic E-state index is 12.3. The van der Waals surface area contributed by atoms with Gasteiger partial charge < -0.3 is 29.6 Å². The second kappa shape index (κ2) is 11.3. The highest BCUT2D eigenvalue weighted by atomic mass is 35.5. The number of benzene rings is 2. The first kappa shape index (κ1) is 21.7. The maximum Gasteiger partial charge on any atom is 0.243 e. The molecule has 0 aliphatic rings. The quantitative estimate of drug-likeness (QED) is 0.550. The van der Waals surface area contributed by atoms with E-state index in [2.05, 4.69) is 10.6 Å². The molecule has 0 fully saturated rings. The summed E-state index contributed by atoms with van der Waals surface area (Å²) < 4.78 is 21.4. The first-order valence-corrected chi connectivity index (χ1v) is 9.21. The number of carbonyl (C=O) groups is 1. The van der Waals surface area contributed by atoms with Gasteiger partial charge in [-0.05, 0) is 19.1 Å². The van der Waals surface area contributed by atoms with Crippen molar-refractivity contribution in [1.82, 2.24) is 0 Å². The number of nitrogens with one attached hydrogen (secondary N) is 2. The number of anilines is 2. The van der Waals surface area contributed by atoms with Crippen LogP contribution < -0.4 is 24.8 Å². The Bertz CT molecular complexity index is 763. The van der Waals surface area contributed by atoms with Crippen molar-refractivity contribution in [1.29, 1.82) is 0 Å². The third kappa shape index (κ3) is 6.51. The lowest BCUT2D eigenvalue weighted by molar-refractivity contribution is -0.114. The maximum atomic E-state index is 12.3. The number of hydrogen-bond acceptors (Lipinski definition) is 6. The predicted molar refractivity (Wildman–Crippen MR) is 110 cm³/mol. The molecule has 7 nitrogen and oxygen atoms in total. The Morgan fingerprint density at radius 3 is 2.43 bits per heavy atom. The zero-order chi connectivity index (χ0) is 20.4. The first-order valence-electron chi connectivity index (χ1n) is 8.83. The molecule has 8 heteroatoms. The molecule has 0 unspecified atom stereocenters. The van der Waals surface area contributed by atoms with Gasteiger partial charge in [-0.15, -0.1) is 0 Å². The van der Waals surface area contributed by atoms with E-state index in [-0.39, 0.29) is 12.5 Å². The van der Waals surface area contributed by atoms with Crippen LogP contribution in [0.25, 0.3) is 0 Å². The number of methoxy groups -OCH3 is 2. The van der Waals surface area contributed by atoms with Crippen LogP contribution in [0.5, 0.6) is 17.2 Å². The van der Waals surface area contributed by atoms with Crippen LogP contribution in [0, 0.1) is 0 Å². The van der Waals surface area contributed by atoms with E-state index in [4.69, 9.17) is 30.5 Å². The number of rotatable bonds is 11. The number of para-hydroxylation sites is 1. The van der Waals surface area contributed by atoms with Crippen LogP contribution in [-0.4, -0.2) is 46.5 Å². The SMILES string of the molecule is CCOCCOc1c(Cl)cccc1NCC(=O)Nc1cc(OC)cc(OC)c1. The molecule has 0 aromatic heterocycles. The molecule has 2 aromatic rings. The van der Waals surface area contributed by atoms with E-state index in [1.807, 2.05) is 6.92 Å². The highest BCUT2D eigenvalue weighted by Crippen LogP contribution is 2.33. The number of carbonyl (C=O) groups excluding carboxylic acids is 1. The Labute approximate surface area is 169 Å². The van der Waals surface area contributed by atoms with Gasteiger partial charge in [0.05, 0.1) is 38.1 Å². The van der Waals surface area contributed by atoms with Gasteiger partial charge in [0.1, 0.15) is 18.1 Å². The lowest BCUT2D eigenvalue weighted by Crippen LogP contribution is -2.22. The summed E-state index contributed by atoms with van der Waals surface area (Å²) in [5, 5.41) is 6.31. The predicted octanol–water partition coefficient (Wildman–Crippen LogP) is 3.82. The lowest BCUT2D eigenvalue weighted by atomic mass is 10.2. The monoisotopic (exact) mass is 408 g/mol. The zero-order valence-electron chi connectivity index (χ0n) is 16.2. The molecule has 0 heterocycles. The highest BCUT2D eigenvalue weighted by molar-refractivity contribution is 6.32. The molecule has 0 atom stereocenters. The van der Waals surface area contributed by atoms with Crippen LogP contribution >= 0.6 is 11.6 Å². The summed E-state index contributed by atoms with van der Waals surface area (Å²) in [5.74, 6) is 1.42. The Balaban J connectivity index is 1.98. The van der Waals surface area contributed by atoms with E-state index >= 15 is 0 Å². The minimum Gasteiger partial charge on any atom is -0.497 e. The molecule has 1 amide bonds. The van der Waals surface area contributed by atoms with Crippen molar-refractivity contribution in [2.75, 3.05) is 51.2 Å². The zero-order valence-corrected chi connectivity index (χ0v) is 17.0. The third-order valence-corrected chi connectivity index (χ3v) is 4.02. The summed E-state index contributed by atoms with van der Waals surface area (Å²) in [7, 11) is 3.10. The van der Waals surface area contributed by atoms with E-state index in [1.165, 1.54) is 0 Å². The summed E-state index contributed by atoms with van der Waals surface area (Å²) in [6, 6.07) is 10.5. The van der Waals surface area contributed by atoms with Gasteiger partial charge in [-0.2, -0.15) is 0 Å². The minimum absolute atomic E-state index is 0.0295. The minimum atomic E-state index is -0.240. The van der Waals surface area contributed by atoms with Gasteiger partial charge in [-0.25, -0.2) is 0 Å². The van der Waals surface area contributed by atoms with Crippen molar-refractivity contribution in [2.24, 2.45) is 0 Å². The molecular weight excluding hydrogens is 384 g/mol. The fourth-order valence-electron chi connectivity index (χ4n) is 2.40. The van der Waals surface area contributed by atoms with Crippen LogP contribution in [0.1, 0.15) is 6.92 Å². The molecule has 0 saturated heterocycles. The van der Waals surface area contributed by atoms with Gasteiger partial charge in [0.2, 0.25) is 5.91 Å². The smallest absolute Gasteiger partial charge is 0.243 e. The number of amides is 1. The van der Waals surface area contributed by atoms with Crippen LogP contribution in [-0.2, 0) is 9.53 Å². The van der Waals surface area contributed by atoms with E-state index in [9.17, 15) is 4.79 Å². The van der Waals surface area contributed by atoms with Gasteiger partial charge in [0, 0.05) is 30.5 Å². The molecule has 0 spiro atoms. The average Bonchev–Trinajstić information content (AvgIpc) is 2.70. The fourth-order valence-corrected chi connectivity index (χ4v) is 2.63. The average molecular weight is 409 g/mol. The summed E-state index contributed by atoms with van der Waals surface area (Å²) in [6.45, 7) is 3.38. The summed E-state index contributed by atoms with van der Waals surface area (Å²) >= 11 is 6.22. The first-order chi connectivity index (χ1) is 13.6. The Morgan fingerprint density at radius 2 is 1.79 bits per heavy atom. The van der Waals surface area contributed by atoms with Crippen molar-refractivity contribution in [3.8, 4) is 17.2 Å². The van der Waals surface area contributed by atoms with Crippen molar-refractivity contribution in [2.45, 2.75) is 6.92 Å². The fraction of sp³-hybridized carbons (Fsp3) is 0.350. The molecule has 2 aromatic carbocycles. The van der Waals surface area contributed by atoms with Crippen LogP contribution in [0.15, 0.2) is 36.4 Å². The number of ether oxygens (including phenoxy) is 4. The Hall–Kier alpha value is -2.64. The molecule has 0 aliphatic carbocycles. The molecular formula is C20H25ClN2O5. The Morgan fingerprint density at radius 1 is 1.07 bits per heavy atom. The van der Waals surface area contributed by atoms with Crippen LogP contribution in [0.4, 0.5) is 11.4 Å². The van der Waals surface area contributed by atoms with Crippen molar-refractivity contribution >= 4 is 28.9 Å². The lowest BCUT2D eigenvalue weighted by Gasteiger charge is -2.15. The molecule has 0 saturated carbocycles. The van der Waals surface area contributed by atoms with Crippen LogP contribution in [0.2, 0.25) is 5.02 Å². The summed E-state index contributed by atoms with van der Waals surface area (Å²) in [6.07, 6.45) is 0. The molecule has 0 aliphatic heterocycles. The van der Waals surface area contributed by atoms with Gasteiger partial charge in [0.15, 0.2) is 5.75 Å². The van der Waals surface area contributed by atoms with Crippen molar-refractivity contribution in [3.63, 3.8) is 0 Å². The largest absolute Gasteiger partial charge is 0.497 e. The van der Waals surface area contributed by atoms with Gasteiger partial charge in [-0.3, -0.25) is 4.79 Å². The molecule has 2 rings (SSSR count). The van der Waals surface area contributed by atoms with Crippen molar-refractivity contribution < 1.29 is 23.7 Å². The van der Waals surface area contributed by atoms with E-state index in [1.54, 1.807) is 50.6 Å². The van der Waals surface area contributed by atoms with Crippen LogP contribution in [0.3, 0.4) is 0 Å². The molecule has 152 valence electrons. The summed E-state index contributed by atoms with van der Waals surface area (Å²) in [5.41, 5.74) is 1.20. The number of halogens is 1. The molecule has 0 bridgehead atoms. The normalized spacial score (nSPS) is 10.3. The molecule has 2 N–H and O–H groups in total. The highest BCUT2D eigenvalue weighted by Gasteiger charge is 2.11. The summed E-state index contributed by atoms with van der Waals surface area (Å²) in [4.78, 5) is 12.3. The van der Waals surface area contributed by atoms with E-state index in [0.29, 0.717) is 53.5 Å². The Kier molecular flexibility index (Phi) is 8.71. The van der Waals surface area contributed by atoms with Gasteiger partial charge in [0.25, 0.3) is 0 Å². The topological polar surface area (TPSA) is 78.1 Å². The van der Waals surface area contributed by atoms with E-state index in [0.717, 1.165) is 0 Å². The van der Waals surface area contributed by atoms with E-state index < -0.39 is 0 Å². The van der Waals surface area contributed by atoms with Gasteiger partial charge in [-0.1, -0.05) is 17.7 Å².